The summed E-state index contributed by atoms with van der Waals surface area (Å²) in [6, 6.07) is 7.97. The summed E-state index contributed by atoms with van der Waals surface area (Å²) >= 11 is 5.90. The Kier molecular flexibility index (Phi) is 2.80. The molecule has 1 atom stereocenters. The quantitative estimate of drug-likeness (QED) is 0.657. The minimum atomic E-state index is -0.617. The fraction of sp³-hybridized carbons (Fsp3) is 0.273. The van der Waals surface area contributed by atoms with Crippen molar-refractivity contribution in [2.75, 3.05) is 0 Å². The largest absolute Gasteiger partial charge is 0.302 e. The van der Waals surface area contributed by atoms with E-state index in [-0.39, 0.29) is 0 Å². The number of carbonyl (C=O) groups excluding carboxylic acids is 1. The first-order valence-electron chi connectivity index (χ1n) is 4.64. The van der Waals surface area contributed by atoms with E-state index in [4.69, 9.17) is 0 Å². The van der Waals surface area contributed by atoms with Crippen molar-refractivity contribution >= 4 is 40.5 Å². The van der Waals surface area contributed by atoms with Gasteiger partial charge in [-0.25, -0.2) is 4.98 Å². The third kappa shape index (κ3) is 2.38. The van der Waals surface area contributed by atoms with Crippen LogP contribution in [0.5, 0.6) is 0 Å². The van der Waals surface area contributed by atoms with Crippen LogP contribution in [0.25, 0.3) is 10.2 Å². The van der Waals surface area contributed by atoms with Crippen molar-refractivity contribution in [3.05, 3.63) is 29.3 Å². The Morgan fingerprint density at radius 2 is 2.27 bits per heavy atom. The van der Waals surface area contributed by atoms with E-state index in [1.165, 1.54) is 0 Å². The highest BCUT2D eigenvalue weighted by Gasteiger charge is 2.20. The van der Waals surface area contributed by atoms with Gasteiger partial charge in [-0.1, -0.05) is 12.1 Å². The van der Waals surface area contributed by atoms with Gasteiger partial charge >= 0.3 is 0 Å². The van der Waals surface area contributed by atoms with Gasteiger partial charge in [-0.3, -0.25) is 0 Å². The minimum absolute atomic E-state index is 0.582. The number of aldehydes is 1. The third-order valence-corrected chi connectivity index (χ3v) is 3.40. The monoisotopic (exact) mass is 237 g/mol. The third-order valence-electron chi connectivity index (χ3n) is 2.10. The molecule has 1 aromatic carbocycles. The van der Waals surface area contributed by atoms with Crippen molar-refractivity contribution in [2.45, 2.75) is 18.1 Å². The fourth-order valence-electron chi connectivity index (χ4n) is 1.34. The van der Waals surface area contributed by atoms with Crippen LogP contribution in [0.4, 0.5) is 0 Å². The predicted molar refractivity (Wildman–Crippen MR) is 66.8 cm³/mol. The van der Waals surface area contributed by atoms with Gasteiger partial charge in [-0.2, -0.15) is 12.6 Å². The van der Waals surface area contributed by atoms with E-state index in [1.807, 2.05) is 24.3 Å². The Bertz CT molecular complexity index is 457. The van der Waals surface area contributed by atoms with Crippen molar-refractivity contribution in [1.82, 2.24) is 4.98 Å². The van der Waals surface area contributed by atoms with Gasteiger partial charge in [0.2, 0.25) is 0 Å². The standard InChI is InChI=1S/C11H11NOS2/c1-11(14,7-13)6-10-12-8-4-2-3-5-9(8)15-10/h2-5,7,14H,6H2,1H3. The number of rotatable bonds is 3. The molecule has 2 nitrogen and oxygen atoms in total. The summed E-state index contributed by atoms with van der Waals surface area (Å²) in [4.78, 5) is 15.2. The number of hydrogen-bond acceptors (Lipinski definition) is 4. The number of benzene rings is 1. The Balaban J connectivity index is 2.33. The fourth-order valence-corrected chi connectivity index (χ4v) is 2.73. The van der Waals surface area contributed by atoms with Crippen LogP contribution >= 0.6 is 24.0 Å². The Morgan fingerprint density at radius 1 is 1.53 bits per heavy atom. The molecule has 0 aliphatic rings. The summed E-state index contributed by atoms with van der Waals surface area (Å²) in [5, 5.41) is 0.959. The molecule has 0 saturated heterocycles. The maximum atomic E-state index is 10.7. The topological polar surface area (TPSA) is 30.0 Å². The van der Waals surface area contributed by atoms with Crippen LogP contribution < -0.4 is 0 Å². The summed E-state index contributed by atoms with van der Waals surface area (Å²) in [5.74, 6) is 0. The summed E-state index contributed by atoms with van der Waals surface area (Å²) in [6.07, 6.45) is 1.45. The summed E-state index contributed by atoms with van der Waals surface area (Å²) in [5.41, 5.74) is 0.993. The first-order chi connectivity index (χ1) is 7.11. The van der Waals surface area contributed by atoms with E-state index in [1.54, 1.807) is 18.3 Å². The van der Waals surface area contributed by atoms with Gasteiger partial charge in [-0.05, 0) is 19.1 Å². The van der Waals surface area contributed by atoms with Crippen LogP contribution in [0, 0.1) is 0 Å². The second-order valence-electron chi connectivity index (χ2n) is 3.73. The minimum Gasteiger partial charge on any atom is -0.302 e. The summed E-state index contributed by atoms with van der Waals surface area (Å²) < 4.78 is 0.538. The molecule has 0 aliphatic carbocycles. The number of aromatic nitrogens is 1. The van der Waals surface area contributed by atoms with Gasteiger partial charge in [0, 0.05) is 6.42 Å². The molecule has 78 valence electrons. The smallest absolute Gasteiger partial charge is 0.135 e. The zero-order chi connectivity index (χ0) is 10.9. The Hall–Kier alpha value is -0.870. The Morgan fingerprint density at radius 3 is 2.93 bits per heavy atom. The molecule has 0 N–H and O–H groups in total. The molecule has 2 rings (SSSR count). The molecular formula is C11H11NOS2. The lowest BCUT2D eigenvalue weighted by atomic mass is 10.1. The number of carbonyl (C=O) groups is 1. The molecule has 2 aromatic rings. The van der Waals surface area contributed by atoms with E-state index in [0.717, 1.165) is 21.5 Å². The zero-order valence-corrected chi connectivity index (χ0v) is 10.0. The summed E-state index contributed by atoms with van der Waals surface area (Å²) in [7, 11) is 0. The zero-order valence-electron chi connectivity index (χ0n) is 8.30. The van der Waals surface area contributed by atoms with E-state index in [0.29, 0.717) is 6.42 Å². The van der Waals surface area contributed by atoms with Crippen molar-refractivity contribution in [3.63, 3.8) is 0 Å². The van der Waals surface area contributed by atoms with E-state index in [9.17, 15) is 4.79 Å². The van der Waals surface area contributed by atoms with Crippen LogP contribution in [0.15, 0.2) is 24.3 Å². The molecule has 15 heavy (non-hydrogen) atoms. The molecule has 0 saturated carbocycles. The highest BCUT2D eigenvalue weighted by Crippen LogP contribution is 2.26. The van der Waals surface area contributed by atoms with Gasteiger partial charge < -0.3 is 4.79 Å². The number of hydrogen-bond donors (Lipinski definition) is 1. The van der Waals surface area contributed by atoms with Gasteiger partial charge in [0.1, 0.15) is 6.29 Å². The van der Waals surface area contributed by atoms with Crippen LogP contribution in [0.2, 0.25) is 0 Å². The van der Waals surface area contributed by atoms with Crippen molar-refractivity contribution in [1.29, 1.82) is 0 Å². The molecule has 0 bridgehead atoms. The van der Waals surface area contributed by atoms with E-state index < -0.39 is 4.75 Å². The first kappa shape index (κ1) is 10.6. The molecule has 0 spiro atoms. The van der Waals surface area contributed by atoms with Gasteiger partial charge in [-0.15, -0.1) is 11.3 Å². The normalized spacial score (nSPS) is 15.1. The average molecular weight is 237 g/mol. The molecule has 1 unspecified atom stereocenters. The molecule has 0 amide bonds. The molecule has 0 radical (unpaired) electrons. The SMILES string of the molecule is CC(S)(C=O)Cc1nc2ccccc2s1. The van der Waals surface area contributed by atoms with Crippen LogP contribution in [-0.2, 0) is 11.2 Å². The predicted octanol–water partition coefficient (Wildman–Crippen LogP) is 2.73. The van der Waals surface area contributed by atoms with Gasteiger partial charge in [0.15, 0.2) is 0 Å². The average Bonchev–Trinajstić information content (AvgIpc) is 2.58. The lowest BCUT2D eigenvalue weighted by molar-refractivity contribution is -0.109. The summed E-state index contributed by atoms with van der Waals surface area (Å²) in [6.45, 7) is 1.80. The van der Waals surface area contributed by atoms with Crippen LogP contribution in [-0.4, -0.2) is 16.0 Å². The highest BCUT2D eigenvalue weighted by atomic mass is 32.1. The second kappa shape index (κ2) is 3.94. The van der Waals surface area contributed by atoms with Crippen LogP contribution in [0.3, 0.4) is 0 Å². The Labute approximate surface area is 97.7 Å². The lowest BCUT2D eigenvalue weighted by Gasteiger charge is -2.12. The van der Waals surface area contributed by atoms with Gasteiger partial charge in [0.25, 0.3) is 0 Å². The maximum absolute atomic E-state index is 10.7. The number of fused-ring (bicyclic) bond motifs is 1. The van der Waals surface area contributed by atoms with Crippen molar-refractivity contribution in [3.8, 4) is 0 Å². The van der Waals surface area contributed by atoms with Crippen molar-refractivity contribution in [2.24, 2.45) is 0 Å². The van der Waals surface area contributed by atoms with Gasteiger partial charge in [0.05, 0.1) is 20.0 Å². The second-order valence-corrected chi connectivity index (χ2v) is 5.86. The molecule has 0 aliphatic heterocycles. The lowest BCUT2D eigenvalue weighted by Crippen LogP contribution is -2.21. The van der Waals surface area contributed by atoms with E-state index >= 15 is 0 Å². The highest BCUT2D eigenvalue weighted by molar-refractivity contribution is 7.82. The number of thiazole rings is 1. The number of thiol groups is 1. The van der Waals surface area contributed by atoms with E-state index in [2.05, 4.69) is 17.6 Å². The number of para-hydroxylation sites is 1. The molecule has 1 aromatic heterocycles. The molecule has 4 heteroatoms. The van der Waals surface area contributed by atoms with Crippen molar-refractivity contribution < 1.29 is 4.79 Å². The first-order valence-corrected chi connectivity index (χ1v) is 5.90. The molecule has 0 fully saturated rings. The maximum Gasteiger partial charge on any atom is 0.135 e. The molecular weight excluding hydrogens is 226 g/mol. The van der Waals surface area contributed by atoms with Crippen LogP contribution in [0.1, 0.15) is 11.9 Å². The number of nitrogens with zero attached hydrogens (tertiary/aromatic N) is 1. The molecule has 1 heterocycles.